The summed E-state index contributed by atoms with van der Waals surface area (Å²) in [4.78, 5) is 28.4. The number of halogens is 1. The van der Waals surface area contributed by atoms with Crippen molar-refractivity contribution in [2.45, 2.75) is 33.8 Å². The van der Waals surface area contributed by atoms with E-state index in [1.165, 1.54) is 4.90 Å². The highest BCUT2D eigenvalue weighted by molar-refractivity contribution is 6.46. The first-order chi connectivity index (χ1) is 15.8. The largest absolute Gasteiger partial charge is 0.491 e. The molecule has 0 saturated heterocycles. The van der Waals surface area contributed by atoms with Crippen molar-refractivity contribution in [2.75, 3.05) is 10.2 Å². The lowest BCUT2D eigenvalue weighted by atomic mass is 10.0. The third-order valence-corrected chi connectivity index (χ3v) is 5.64. The lowest BCUT2D eigenvalue weighted by Gasteiger charge is -2.18. The molecule has 1 aliphatic heterocycles. The smallest absolute Gasteiger partial charge is 0.282 e. The zero-order chi connectivity index (χ0) is 23.7. The van der Waals surface area contributed by atoms with Crippen LogP contribution in [0.3, 0.4) is 0 Å². The first-order valence-corrected chi connectivity index (χ1v) is 11.1. The molecule has 33 heavy (non-hydrogen) atoms. The summed E-state index contributed by atoms with van der Waals surface area (Å²) >= 11 is 6.10. The van der Waals surface area contributed by atoms with Gasteiger partial charge in [0.25, 0.3) is 11.8 Å². The predicted molar refractivity (Wildman–Crippen MR) is 133 cm³/mol. The molecule has 3 aromatic carbocycles. The monoisotopic (exact) mass is 460 g/mol. The molecule has 0 saturated carbocycles. The molecule has 1 heterocycles. The minimum absolute atomic E-state index is 0.0337. The maximum Gasteiger partial charge on any atom is 0.282 e. The van der Waals surface area contributed by atoms with Crippen LogP contribution in [-0.4, -0.2) is 17.9 Å². The first kappa shape index (κ1) is 22.6. The molecule has 0 spiro atoms. The third kappa shape index (κ3) is 4.50. The molecule has 168 valence electrons. The molecule has 1 aliphatic rings. The van der Waals surface area contributed by atoms with Gasteiger partial charge in [0.2, 0.25) is 0 Å². The minimum Gasteiger partial charge on any atom is -0.491 e. The minimum atomic E-state index is -0.402. The summed E-state index contributed by atoms with van der Waals surface area (Å²) < 4.78 is 5.73. The second-order valence-corrected chi connectivity index (χ2v) is 8.69. The Morgan fingerprint density at radius 1 is 0.879 bits per heavy atom. The lowest BCUT2D eigenvalue weighted by molar-refractivity contribution is -0.120. The van der Waals surface area contributed by atoms with Gasteiger partial charge in [-0.25, -0.2) is 4.90 Å². The molecule has 5 nitrogen and oxygen atoms in total. The Kier molecular flexibility index (Phi) is 6.25. The molecular formula is C27H25ClN2O3. The van der Waals surface area contributed by atoms with Gasteiger partial charge in [-0.1, -0.05) is 41.9 Å². The third-order valence-electron chi connectivity index (χ3n) is 5.40. The van der Waals surface area contributed by atoms with Gasteiger partial charge in [-0.3, -0.25) is 9.59 Å². The summed E-state index contributed by atoms with van der Waals surface area (Å²) in [5.41, 5.74) is 4.15. The van der Waals surface area contributed by atoms with Gasteiger partial charge in [0.05, 0.1) is 17.4 Å². The van der Waals surface area contributed by atoms with E-state index in [0.29, 0.717) is 33.3 Å². The van der Waals surface area contributed by atoms with Crippen molar-refractivity contribution < 1.29 is 14.3 Å². The van der Waals surface area contributed by atoms with Crippen LogP contribution >= 0.6 is 11.6 Å². The van der Waals surface area contributed by atoms with E-state index in [0.717, 1.165) is 11.1 Å². The second-order valence-electron chi connectivity index (χ2n) is 8.26. The zero-order valence-electron chi connectivity index (χ0n) is 19.0. The molecule has 0 atom stereocenters. The van der Waals surface area contributed by atoms with E-state index in [4.69, 9.17) is 16.3 Å². The Balaban J connectivity index is 1.81. The van der Waals surface area contributed by atoms with Gasteiger partial charge < -0.3 is 10.1 Å². The number of nitrogens with one attached hydrogen (secondary N) is 1. The molecule has 0 fully saturated rings. The Morgan fingerprint density at radius 3 is 2.21 bits per heavy atom. The average molecular weight is 461 g/mol. The van der Waals surface area contributed by atoms with Crippen LogP contribution < -0.4 is 15.0 Å². The lowest BCUT2D eigenvalue weighted by Crippen LogP contribution is -2.33. The number of rotatable bonds is 6. The molecule has 1 N–H and O–H groups in total. The maximum atomic E-state index is 13.6. The average Bonchev–Trinajstić information content (AvgIpc) is 3.00. The number of nitrogens with zero attached hydrogens (tertiary/aromatic N) is 1. The number of aryl methyl sites for hydroxylation is 2. The Hall–Kier alpha value is -3.57. The second kappa shape index (κ2) is 9.12. The molecule has 0 radical (unpaired) electrons. The summed E-state index contributed by atoms with van der Waals surface area (Å²) in [6.07, 6.45) is 0.0337. The summed E-state index contributed by atoms with van der Waals surface area (Å²) in [6, 6.07) is 19.9. The number of carbonyl (C=O) groups excluding carboxylic acids is 2. The zero-order valence-corrected chi connectivity index (χ0v) is 19.7. The van der Waals surface area contributed by atoms with E-state index in [-0.39, 0.29) is 17.7 Å². The normalized spacial score (nSPS) is 13.8. The number of ether oxygens (including phenoxy) is 1. The molecule has 2 amide bonds. The van der Waals surface area contributed by atoms with Crippen molar-refractivity contribution >= 4 is 40.4 Å². The first-order valence-electron chi connectivity index (χ1n) is 10.7. The Labute approximate surface area is 198 Å². The SMILES string of the molecule is Cc1cc(Cl)ccc1NC1=C(c2ccc(OC(C)C)cc2)C(=O)N(c2ccccc2C)C1=O. The maximum absolute atomic E-state index is 13.6. The summed E-state index contributed by atoms with van der Waals surface area (Å²) in [5, 5.41) is 3.81. The molecule has 3 aromatic rings. The molecule has 0 bridgehead atoms. The molecule has 6 heteroatoms. The number of hydrogen-bond donors (Lipinski definition) is 1. The van der Waals surface area contributed by atoms with E-state index in [1.54, 1.807) is 30.3 Å². The fraction of sp³-hybridized carbons (Fsp3) is 0.185. The topological polar surface area (TPSA) is 58.6 Å². The number of amides is 2. The van der Waals surface area contributed by atoms with Crippen molar-refractivity contribution in [3.63, 3.8) is 0 Å². The van der Waals surface area contributed by atoms with E-state index in [2.05, 4.69) is 5.32 Å². The van der Waals surface area contributed by atoms with Crippen LogP contribution in [0.4, 0.5) is 11.4 Å². The van der Waals surface area contributed by atoms with E-state index < -0.39 is 5.91 Å². The highest BCUT2D eigenvalue weighted by Gasteiger charge is 2.40. The number of carbonyl (C=O) groups is 2. The Bertz CT molecular complexity index is 1260. The van der Waals surface area contributed by atoms with Gasteiger partial charge in [0.15, 0.2) is 0 Å². The van der Waals surface area contributed by atoms with Crippen LogP contribution in [0.2, 0.25) is 5.02 Å². The van der Waals surface area contributed by atoms with Gasteiger partial charge in [-0.2, -0.15) is 0 Å². The standard InChI is InChI=1S/C27H25ClN2O3/c1-16(2)33-21-12-9-19(10-13-21)24-25(29-22-14-11-20(28)15-18(22)4)27(32)30(26(24)31)23-8-6-5-7-17(23)3/h5-16,29H,1-4H3. The summed E-state index contributed by atoms with van der Waals surface area (Å²) in [7, 11) is 0. The highest BCUT2D eigenvalue weighted by Crippen LogP contribution is 2.36. The highest BCUT2D eigenvalue weighted by atomic mass is 35.5. The van der Waals surface area contributed by atoms with Crippen molar-refractivity contribution in [1.29, 1.82) is 0 Å². The van der Waals surface area contributed by atoms with Crippen LogP contribution in [0.15, 0.2) is 72.4 Å². The number of hydrogen-bond acceptors (Lipinski definition) is 4. The van der Waals surface area contributed by atoms with Crippen LogP contribution in [0.25, 0.3) is 5.57 Å². The number of para-hydroxylation sites is 1. The predicted octanol–water partition coefficient (Wildman–Crippen LogP) is 6.14. The number of imide groups is 1. The molecule has 4 rings (SSSR count). The van der Waals surface area contributed by atoms with Gasteiger partial charge >= 0.3 is 0 Å². The number of benzene rings is 3. The summed E-state index contributed by atoms with van der Waals surface area (Å²) in [5.74, 6) is -0.0768. The van der Waals surface area contributed by atoms with Gasteiger partial charge in [-0.05, 0) is 80.8 Å². The van der Waals surface area contributed by atoms with Crippen LogP contribution in [0.1, 0.15) is 30.5 Å². The summed E-state index contributed by atoms with van der Waals surface area (Å²) in [6.45, 7) is 7.67. The van der Waals surface area contributed by atoms with Crippen molar-refractivity contribution in [1.82, 2.24) is 0 Å². The van der Waals surface area contributed by atoms with Crippen LogP contribution in [0.5, 0.6) is 5.75 Å². The van der Waals surface area contributed by atoms with E-state index in [9.17, 15) is 9.59 Å². The molecule has 0 aliphatic carbocycles. The molecule has 0 unspecified atom stereocenters. The van der Waals surface area contributed by atoms with Crippen LogP contribution in [0, 0.1) is 13.8 Å². The van der Waals surface area contributed by atoms with Gasteiger partial charge in [0, 0.05) is 10.7 Å². The van der Waals surface area contributed by atoms with E-state index in [1.807, 2.05) is 64.1 Å². The van der Waals surface area contributed by atoms with Crippen LogP contribution in [-0.2, 0) is 9.59 Å². The van der Waals surface area contributed by atoms with Crippen molar-refractivity contribution in [3.05, 3.63) is 94.1 Å². The fourth-order valence-electron chi connectivity index (χ4n) is 3.82. The van der Waals surface area contributed by atoms with Gasteiger partial charge in [0.1, 0.15) is 11.4 Å². The molecule has 0 aromatic heterocycles. The number of anilines is 2. The van der Waals surface area contributed by atoms with E-state index >= 15 is 0 Å². The Morgan fingerprint density at radius 2 is 1.58 bits per heavy atom. The van der Waals surface area contributed by atoms with Crippen molar-refractivity contribution in [2.24, 2.45) is 0 Å². The van der Waals surface area contributed by atoms with Crippen molar-refractivity contribution in [3.8, 4) is 5.75 Å². The molecular weight excluding hydrogens is 436 g/mol. The fourth-order valence-corrected chi connectivity index (χ4v) is 4.05. The quantitative estimate of drug-likeness (QED) is 0.449. The van der Waals surface area contributed by atoms with Gasteiger partial charge in [-0.15, -0.1) is 0 Å².